The van der Waals surface area contributed by atoms with Crippen LogP contribution in [-0.4, -0.2) is 15.3 Å². The van der Waals surface area contributed by atoms with E-state index < -0.39 is 11.7 Å². The molecular weight excluding hydrogens is 405 g/mol. The van der Waals surface area contributed by atoms with Crippen LogP contribution in [0, 0.1) is 0 Å². The summed E-state index contributed by atoms with van der Waals surface area (Å²) in [4.78, 5) is 18.4. The number of alkyl halides is 3. The average molecular weight is 420 g/mol. The largest absolute Gasteiger partial charge is 0.416 e. The highest BCUT2D eigenvalue weighted by Crippen LogP contribution is 2.32. The summed E-state index contributed by atoms with van der Waals surface area (Å²) in [7, 11) is 0. The molecule has 0 amide bonds. The van der Waals surface area contributed by atoms with Crippen molar-refractivity contribution in [3.8, 4) is 5.69 Å². The SMILES string of the molecule is O=c1c2c(nc(SCc3ccc(C(F)(F)F)cc3)n1-c1ccccc1)CCS2. The van der Waals surface area contributed by atoms with E-state index in [1.54, 1.807) is 4.57 Å². The minimum absolute atomic E-state index is 0.0892. The summed E-state index contributed by atoms with van der Waals surface area (Å²) in [6.45, 7) is 0. The van der Waals surface area contributed by atoms with Crippen LogP contribution < -0.4 is 5.56 Å². The second-order valence-electron chi connectivity index (χ2n) is 6.23. The molecule has 0 unspecified atom stereocenters. The Hall–Kier alpha value is -2.19. The van der Waals surface area contributed by atoms with E-state index in [9.17, 15) is 18.0 Å². The molecule has 0 fully saturated rings. The number of hydrogen-bond donors (Lipinski definition) is 0. The molecule has 0 aliphatic carbocycles. The Balaban J connectivity index is 1.66. The van der Waals surface area contributed by atoms with Gasteiger partial charge in [0.05, 0.1) is 21.8 Å². The molecule has 3 nitrogen and oxygen atoms in total. The van der Waals surface area contributed by atoms with Crippen molar-refractivity contribution < 1.29 is 13.2 Å². The molecule has 2 heterocycles. The molecule has 3 aromatic rings. The number of hydrogen-bond acceptors (Lipinski definition) is 4. The second kappa shape index (κ2) is 7.67. The van der Waals surface area contributed by atoms with Crippen molar-refractivity contribution in [3.05, 3.63) is 81.8 Å². The number of fused-ring (bicyclic) bond motifs is 1. The van der Waals surface area contributed by atoms with Gasteiger partial charge < -0.3 is 0 Å². The lowest BCUT2D eigenvalue weighted by Gasteiger charge is -2.14. The molecule has 1 aromatic heterocycles. The standard InChI is InChI=1S/C20H15F3N2OS2/c21-20(22,23)14-8-6-13(7-9-14)12-28-19-24-16-10-11-27-17(16)18(26)25(19)15-4-2-1-3-5-15/h1-9H,10-12H2. The third kappa shape index (κ3) is 3.84. The number of aromatic nitrogens is 2. The zero-order chi connectivity index (χ0) is 19.7. The number of halogens is 3. The Labute approximate surface area is 168 Å². The van der Waals surface area contributed by atoms with Crippen molar-refractivity contribution in [1.29, 1.82) is 0 Å². The number of aryl methyl sites for hydroxylation is 1. The summed E-state index contributed by atoms with van der Waals surface area (Å²) in [6, 6.07) is 14.3. The van der Waals surface area contributed by atoms with Gasteiger partial charge in [-0.05, 0) is 29.8 Å². The van der Waals surface area contributed by atoms with Crippen LogP contribution in [0.2, 0.25) is 0 Å². The summed E-state index contributed by atoms with van der Waals surface area (Å²) >= 11 is 2.87. The van der Waals surface area contributed by atoms with Crippen LogP contribution in [0.1, 0.15) is 16.8 Å². The normalized spacial score (nSPS) is 13.5. The zero-order valence-corrected chi connectivity index (χ0v) is 16.2. The van der Waals surface area contributed by atoms with E-state index in [0.29, 0.717) is 15.8 Å². The lowest BCUT2D eigenvalue weighted by molar-refractivity contribution is -0.137. The second-order valence-corrected chi connectivity index (χ2v) is 8.28. The summed E-state index contributed by atoms with van der Waals surface area (Å²) < 4.78 is 39.8. The number of benzene rings is 2. The molecule has 0 spiro atoms. The fraction of sp³-hybridized carbons (Fsp3) is 0.200. The van der Waals surface area contributed by atoms with E-state index in [-0.39, 0.29) is 5.56 Å². The molecule has 4 rings (SSSR count). The molecule has 0 saturated heterocycles. The first kappa shape index (κ1) is 19.1. The molecule has 0 atom stereocenters. The Kier molecular flexibility index (Phi) is 5.25. The van der Waals surface area contributed by atoms with Gasteiger partial charge in [-0.2, -0.15) is 13.2 Å². The van der Waals surface area contributed by atoms with Crippen molar-refractivity contribution in [1.82, 2.24) is 9.55 Å². The maximum atomic E-state index is 13.0. The van der Waals surface area contributed by atoms with Crippen molar-refractivity contribution >= 4 is 23.5 Å². The minimum atomic E-state index is -4.35. The quantitative estimate of drug-likeness (QED) is 0.430. The maximum Gasteiger partial charge on any atom is 0.416 e. The highest BCUT2D eigenvalue weighted by Gasteiger charge is 2.30. The zero-order valence-electron chi connectivity index (χ0n) is 14.6. The summed E-state index contributed by atoms with van der Waals surface area (Å²) in [5, 5.41) is 0.553. The van der Waals surface area contributed by atoms with Gasteiger partial charge in [0.15, 0.2) is 5.16 Å². The van der Waals surface area contributed by atoms with Gasteiger partial charge in [-0.3, -0.25) is 9.36 Å². The molecule has 1 aliphatic heterocycles. The van der Waals surface area contributed by atoms with Gasteiger partial charge in [0.25, 0.3) is 5.56 Å². The van der Waals surface area contributed by atoms with Gasteiger partial charge in [-0.1, -0.05) is 42.1 Å². The molecule has 28 heavy (non-hydrogen) atoms. The van der Waals surface area contributed by atoms with Crippen molar-refractivity contribution in [3.63, 3.8) is 0 Å². The van der Waals surface area contributed by atoms with E-state index in [4.69, 9.17) is 0 Å². The maximum absolute atomic E-state index is 13.0. The van der Waals surface area contributed by atoms with Crippen LogP contribution in [0.15, 0.2) is 69.4 Å². The first-order valence-corrected chi connectivity index (χ1v) is 10.5. The Morgan fingerprint density at radius 2 is 1.79 bits per heavy atom. The predicted octanol–water partition coefficient (Wildman–Crippen LogP) is 5.19. The van der Waals surface area contributed by atoms with Gasteiger partial charge in [0.2, 0.25) is 0 Å². The van der Waals surface area contributed by atoms with Crippen molar-refractivity contribution in [2.45, 2.75) is 28.4 Å². The smallest absolute Gasteiger partial charge is 0.268 e. The van der Waals surface area contributed by atoms with Gasteiger partial charge in [0, 0.05) is 17.9 Å². The molecule has 144 valence electrons. The molecule has 1 aliphatic rings. The predicted molar refractivity (Wildman–Crippen MR) is 105 cm³/mol. The van der Waals surface area contributed by atoms with Crippen LogP contribution in [-0.2, 0) is 18.3 Å². The molecule has 2 aromatic carbocycles. The Bertz CT molecular complexity index is 1050. The van der Waals surface area contributed by atoms with Crippen LogP contribution in [0.3, 0.4) is 0 Å². The molecule has 0 bridgehead atoms. The number of para-hydroxylation sites is 1. The van der Waals surface area contributed by atoms with Gasteiger partial charge >= 0.3 is 6.18 Å². The minimum Gasteiger partial charge on any atom is -0.268 e. The van der Waals surface area contributed by atoms with Gasteiger partial charge in [0.1, 0.15) is 0 Å². The van der Waals surface area contributed by atoms with Crippen LogP contribution in [0.4, 0.5) is 13.2 Å². The third-order valence-electron chi connectivity index (χ3n) is 4.33. The molecule has 8 heteroatoms. The topological polar surface area (TPSA) is 34.9 Å². The van der Waals surface area contributed by atoms with E-state index in [1.165, 1.54) is 35.7 Å². The number of thioether (sulfide) groups is 2. The van der Waals surface area contributed by atoms with Gasteiger partial charge in [-0.25, -0.2) is 4.98 Å². The summed E-state index contributed by atoms with van der Waals surface area (Å²) in [5.74, 6) is 1.25. The molecule has 0 N–H and O–H groups in total. The lowest BCUT2D eigenvalue weighted by Crippen LogP contribution is -2.23. The lowest BCUT2D eigenvalue weighted by atomic mass is 10.1. The van der Waals surface area contributed by atoms with E-state index in [2.05, 4.69) is 4.98 Å². The van der Waals surface area contributed by atoms with E-state index in [1.807, 2.05) is 30.3 Å². The van der Waals surface area contributed by atoms with Crippen molar-refractivity contribution in [2.24, 2.45) is 0 Å². The monoisotopic (exact) mass is 420 g/mol. The van der Waals surface area contributed by atoms with Crippen LogP contribution in [0.25, 0.3) is 5.69 Å². The molecule has 0 saturated carbocycles. The fourth-order valence-corrected chi connectivity index (χ4v) is 4.94. The average Bonchev–Trinajstić information content (AvgIpc) is 3.16. The summed E-state index contributed by atoms with van der Waals surface area (Å²) in [6.07, 6.45) is -3.60. The summed E-state index contributed by atoms with van der Waals surface area (Å²) in [5.41, 5.74) is 1.51. The van der Waals surface area contributed by atoms with E-state index >= 15 is 0 Å². The van der Waals surface area contributed by atoms with Crippen molar-refractivity contribution in [2.75, 3.05) is 5.75 Å². The van der Waals surface area contributed by atoms with Crippen LogP contribution in [0.5, 0.6) is 0 Å². The Morgan fingerprint density at radius 1 is 1.07 bits per heavy atom. The third-order valence-corrected chi connectivity index (χ3v) is 6.45. The molecular formula is C20H15F3N2OS2. The first-order valence-electron chi connectivity index (χ1n) is 8.56. The molecule has 0 radical (unpaired) electrons. The first-order chi connectivity index (χ1) is 13.4. The van der Waals surface area contributed by atoms with E-state index in [0.717, 1.165) is 41.3 Å². The fourth-order valence-electron chi connectivity index (χ4n) is 2.93. The number of nitrogens with zero attached hydrogens (tertiary/aromatic N) is 2. The Morgan fingerprint density at radius 3 is 2.46 bits per heavy atom. The number of rotatable bonds is 4. The van der Waals surface area contributed by atoms with Gasteiger partial charge in [-0.15, -0.1) is 11.8 Å². The van der Waals surface area contributed by atoms with Crippen LogP contribution >= 0.6 is 23.5 Å². The highest BCUT2D eigenvalue weighted by atomic mass is 32.2. The highest BCUT2D eigenvalue weighted by molar-refractivity contribution is 7.99.